The fourth-order valence-electron chi connectivity index (χ4n) is 1.58. The minimum absolute atomic E-state index is 0.119. The average molecular weight is 200 g/mol. The van der Waals surface area contributed by atoms with Crippen LogP contribution in [0.3, 0.4) is 0 Å². The lowest BCUT2D eigenvalue weighted by molar-refractivity contribution is 0.0994. The van der Waals surface area contributed by atoms with Gasteiger partial charge in [0.15, 0.2) is 5.78 Å². The molecule has 0 bridgehead atoms. The Kier molecular flexibility index (Phi) is 1.77. The molecule has 0 amide bonds. The van der Waals surface area contributed by atoms with E-state index in [0.717, 1.165) is 0 Å². The summed E-state index contributed by atoms with van der Waals surface area (Å²) in [5.41, 5.74) is 6.25. The quantitative estimate of drug-likeness (QED) is 0.651. The van der Waals surface area contributed by atoms with E-state index in [1.165, 1.54) is 6.07 Å². The summed E-state index contributed by atoms with van der Waals surface area (Å²) in [4.78, 5) is 11.3. The Labute approximate surface area is 79.5 Å². The van der Waals surface area contributed by atoms with Gasteiger partial charge >= 0.3 is 0 Å². The number of Topliss-reactive ketones (excluding diaryl/α,β-unsaturated/α-hetero) is 1. The molecular formula is C9H7ClFNO. The second-order valence-corrected chi connectivity index (χ2v) is 3.42. The molecule has 0 aromatic heterocycles. The summed E-state index contributed by atoms with van der Waals surface area (Å²) in [6.07, 6.45) is 0.759. The highest BCUT2D eigenvalue weighted by Gasteiger charge is 2.26. The first-order valence-electron chi connectivity index (χ1n) is 3.91. The predicted molar refractivity (Wildman–Crippen MR) is 48.5 cm³/mol. The number of hydrogen-bond donors (Lipinski definition) is 1. The highest BCUT2D eigenvalue weighted by Crippen LogP contribution is 2.34. The van der Waals surface area contributed by atoms with Crippen LogP contribution in [0.4, 0.5) is 10.1 Å². The summed E-state index contributed by atoms with van der Waals surface area (Å²) < 4.78 is 13.2. The van der Waals surface area contributed by atoms with Crippen LogP contribution in [0.15, 0.2) is 6.07 Å². The topological polar surface area (TPSA) is 43.1 Å². The number of carbonyl (C=O) groups is 1. The predicted octanol–water partition coefficient (Wildman–Crippen LogP) is 2.19. The van der Waals surface area contributed by atoms with Crippen molar-refractivity contribution in [3.05, 3.63) is 28.0 Å². The van der Waals surface area contributed by atoms with Gasteiger partial charge in [-0.15, -0.1) is 0 Å². The molecule has 0 unspecified atom stereocenters. The van der Waals surface area contributed by atoms with Crippen molar-refractivity contribution in [2.24, 2.45) is 0 Å². The number of nitrogens with two attached hydrogens (primary N) is 1. The van der Waals surface area contributed by atoms with Gasteiger partial charge in [0.2, 0.25) is 0 Å². The molecule has 0 spiro atoms. The van der Waals surface area contributed by atoms with E-state index in [-0.39, 0.29) is 22.1 Å². The summed E-state index contributed by atoms with van der Waals surface area (Å²) >= 11 is 5.79. The first-order chi connectivity index (χ1) is 6.11. The van der Waals surface area contributed by atoms with Gasteiger partial charge in [0, 0.05) is 17.5 Å². The van der Waals surface area contributed by atoms with Gasteiger partial charge in [0.25, 0.3) is 0 Å². The molecule has 0 atom stereocenters. The fourth-order valence-corrected chi connectivity index (χ4v) is 1.86. The zero-order valence-electron chi connectivity index (χ0n) is 6.73. The van der Waals surface area contributed by atoms with Crippen LogP contribution < -0.4 is 5.73 Å². The van der Waals surface area contributed by atoms with Crippen molar-refractivity contribution in [2.75, 3.05) is 5.73 Å². The Morgan fingerprint density at radius 1 is 1.46 bits per heavy atom. The lowest BCUT2D eigenvalue weighted by atomic mass is 10.1. The van der Waals surface area contributed by atoms with Gasteiger partial charge in [-0.05, 0) is 12.5 Å². The Hall–Kier alpha value is -1.09. The molecule has 2 nitrogen and oxygen atoms in total. The smallest absolute Gasteiger partial charge is 0.165 e. The molecular weight excluding hydrogens is 193 g/mol. The SMILES string of the molecule is Nc1cc(F)c2c(c1Cl)C(=O)CC2. The molecule has 4 heteroatoms. The number of anilines is 1. The first-order valence-corrected chi connectivity index (χ1v) is 4.28. The Morgan fingerprint density at radius 2 is 2.15 bits per heavy atom. The maximum absolute atomic E-state index is 13.2. The Morgan fingerprint density at radius 3 is 2.85 bits per heavy atom. The Bertz CT molecular complexity index is 403. The number of halogens is 2. The monoisotopic (exact) mass is 199 g/mol. The van der Waals surface area contributed by atoms with Crippen molar-refractivity contribution < 1.29 is 9.18 Å². The van der Waals surface area contributed by atoms with Crippen LogP contribution in [-0.2, 0) is 6.42 Å². The second kappa shape index (κ2) is 2.70. The lowest BCUT2D eigenvalue weighted by Crippen LogP contribution is -1.99. The number of hydrogen-bond acceptors (Lipinski definition) is 2. The van der Waals surface area contributed by atoms with E-state index in [0.29, 0.717) is 18.4 Å². The van der Waals surface area contributed by atoms with Crippen molar-refractivity contribution in [1.29, 1.82) is 0 Å². The zero-order chi connectivity index (χ0) is 9.59. The molecule has 2 N–H and O–H groups in total. The number of nitrogen functional groups attached to an aromatic ring is 1. The van der Waals surface area contributed by atoms with Gasteiger partial charge in [-0.3, -0.25) is 4.79 Å². The molecule has 0 fully saturated rings. The van der Waals surface area contributed by atoms with Crippen molar-refractivity contribution in [2.45, 2.75) is 12.8 Å². The van der Waals surface area contributed by atoms with Gasteiger partial charge in [-0.2, -0.15) is 0 Å². The average Bonchev–Trinajstić information content (AvgIpc) is 2.44. The van der Waals surface area contributed by atoms with E-state index in [4.69, 9.17) is 17.3 Å². The van der Waals surface area contributed by atoms with E-state index in [1.54, 1.807) is 0 Å². The molecule has 0 saturated carbocycles. The summed E-state index contributed by atoms with van der Waals surface area (Å²) in [5, 5.41) is 0.193. The fraction of sp³-hybridized carbons (Fsp3) is 0.222. The van der Waals surface area contributed by atoms with E-state index in [1.807, 2.05) is 0 Å². The molecule has 0 aliphatic heterocycles. The third-order valence-corrected chi connectivity index (χ3v) is 2.63. The normalized spacial score (nSPS) is 14.8. The van der Waals surface area contributed by atoms with E-state index in [2.05, 4.69) is 0 Å². The summed E-state index contributed by atoms with van der Waals surface area (Å²) in [6, 6.07) is 1.17. The molecule has 1 aromatic carbocycles. The molecule has 2 rings (SSSR count). The maximum atomic E-state index is 13.2. The molecule has 1 aliphatic rings. The van der Waals surface area contributed by atoms with Crippen LogP contribution in [0.5, 0.6) is 0 Å². The van der Waals surface area contributed by atoms with Crippen molar-refractivity contribution in [3.63, 3.8) is 0 Å². The number of rotatable bonds is 0. The minimum Gasteiger partial charge on any atom is -0.397 e. The van der Waals surface area contributed by atoms with Crippen molar-refractivity contribution >= 4 is 23.1 Å². The van der Waals surface area contributed by atoms with Crippen molar-refractivity contribution in [1.82, 2.24) is 0 Å². The highest BCUT2D eigenvalue weighted by atomic mass is 35.5. The Balaban J connectivity index is 2.77. The zero-order valence-corrected chi connectivity index (χ0v) is 7.49. The van der Waals surface area contributed by atoms with E-state index >= 15 is 0 Å². The van der Waals surface area contributed by atoms with Crippen molar-refractivity contribution in [3.8, 4) is 0 Å². The first kappa shape index (κ1) is 8.51. The summed E-state index contributed by atoms with van der Waals surface area (Å²) in [5.74, 6) is -0.547. The third-order valence-electron chi connectivity index (χ3n) is 2.23. The summed E-state index contributed by atoms with van der Waals surface area (Å²) in [6.45, 7) is 0. The standard InChI is InChI=1S/C9H7ClFNO/c10-9-6(12)3-5(11)4-1-2-7(13)8(4)9/h3H,1-2,12H2. The largest absolute Gasteiger partial charge is 0.397 e. The minimum atomic E-state index is -0.428. The van der Waals surface area contributed by atoms with Crippen LogP contribution >= 0.6 is 11.6 Å². The van der Waals surface area contributed by atoms with E-state index in [9.17, 15) is 9.18 Å². The second-order valence-electron chi connectivity index (χ2n) is 3.04. The highest BCUT2D eigenvalue weighted by molar-refractivity contribution is 6.36. The lowest BCUT2D eigenvalue weighted by Gasteiger charge is -2.05. The van der Waals surface area contributed by atoms with Gasteiger partial charge in [-0.1, -0.05) is 11.6 Å². The van der Waals surface area contributed by atoms with Crippen LogP contribution in [0.2, 0.25) is 5.02 Å². The van der Waals surface area contributed by atoms with E-state index < -0.39 is 5.82 Å². The van der Waals surface area contributed by atoms with Crippen LogP contribution in [0, 0.1) is 5.82 Å². The number of ketones is 1. The molecule has 0 heterocycles. The van der Waals surface area contributed by atoms with Crippen LogP contribution in [0.25, 0.3) is 0 Å². The molecule has 13 heavy (non-hydrogen) atoms. The molecule has 1 aliphatic carbocycles. The van der Waals surface area contributed by atoms with Gasteiger partial charge < -0.3 is 5.73 Å². The molecule has 0 radical (unpaired) electrons. The molecule has 68 valence electrons. The maximum Gasteiger partial charge on any atom is 0.165 e. The van der Waals surface area contributed by atoms with Gasteiger partial charge in [0.05, 0.1) is 10.7 Å². The van der Waals surface area contributed by atoms with Crippen LogP contribution in [-0.4, -0.2) is 5.78 Å². The molecule has 0 saturated heterocycles. The van der Waals surface area contributed by atoms with Gasteiger partial charge in [-0.25, -0.2) is 4.39 Å². The van der Waals surface area contributed by atoms with Crippen LogP contribution in [0.1, 0.15) is 22.3 Å². The summed E-state index contributed by atoms with van der Waals surface area (Å²) in [7, 11) is 0. The van der Waals surface area contributed by atoms with Gasteiger partial charge in [0.1, 0.15) is 5.82 Å². The number of fused-ring (bicyclic) bond motifs is 1. The molecule has 1 aromatic rings. The third kappa shape index (κ3) is 1.11. The number of carbonyl (C=O) groups excluding carboxylic acids is 1. The number of benzene rings is 1.